The van der Waals surface area contributed by atoms with Crippen LogP contribution in [-0.4, -0.2) is 36.8 Å². The molecule has 2 aromatic carbocycles. The number of anilines is 2. The molecule has 0 aliphatic heterocycles. The number of nitrogens with zero attached hydrogens (tertiary/aromatic N) is 4. The summed E-state index contributed by atoms with van der Waals surface area (Å²) in [6, 6.07) is 17.3. The number of amides is 2. The topological polar surface area (TPSA) is 126 Å². The average molecular weight is 477 g/mol. The lowest BCUT2D eigenvalue weighted by atomic mass is 10.1. The summed E-state index contributed by atoms with van der Waals surface area (Å²) in [7, 11) is 0. The van der Waals surface area contributed by atoms with Crippen molar-refractivity contribution in [1.82, 2.24) is 19.7 Å². The van der Waals surface area contributed by atoms with Gasteiger partial charge in [0.05, 0.1) is 24.1 Å². The zero-order valence-corrected chi connectivity index (χ0v) is 18.7. The van der Waals surface area contributed by atoms with Crippen molar-refractivity contribution in [3.63, 3.8) is 0 Å². The molecule has 10 heteroatoms. The van der Waals surface area contributed by atoms with E-state index in [9.17, 15) is 14.7 Å². The highest BCUT2D eigenvalue weighted by atomic mass is 35.5. The summed E-state index contributed by atoms with van der Waals surface area (Å²) >= 11 is 6.03. The number of nitrogens with one attached hydrogen (secondary N) is 1. The van der Waals surface area contributed by atoms with E-state index in [0.29, 0.717) is 22.0 Å². The second-order valence-corrected chi connectivity index (χ2v) is 7.94. The predicted octanol–water partition coefficient (Wildman–Crippen LogP) is 4.44. The lowest BCUT2D eigenvalue weighted by Crippen LogP contribution is -2.28. The van der Waals surface area contributed by atoms with Crippen LogP contribution in [0.2, 0.25) is 5.02 Å². The minimum Gasteiger partial charge on any atom is -0.465 e. The number of hydrogen-bond donors (Lipinski definition) is 3. The first-order valence-electron chi connectivity index (χ1n) is 10.3. The summed E-state index contributed by atoms with van der Waals surface area (Å²) in [5.41, 5.74) is 8.94. The molecule has 2 heterocycles. The van der Waals surface area contributed by atoms with E-state index in [-0.39, 0.29) is 24.8 Å². The van der Waals surface area contributed by atoms with Crippen LogP contribution in [0.4, 0.5) is 16.3 Å². The van der Waals surface area contributed by atoms with Gasteiger partial charge in [-0.15, -0.1) is 5.10 Å². The Labute approximate surface area is 200 Å². The molecule has 0 aliphatic carbocycles. The number of carbonyl (C=O) groups is 2. The number of carboxylic acid groups (broad SMARTS) is 1. The molecule has 0 aliphatic rings. The minimum absolute atomic E-state index is 0.170. The Morgan fingerprint density at radius 2 is 1.82 bits per heavy atom. The second kappa shape index (κ2) is 10.1. The summed E-state index contributed by atoms with van der Waals surface area (Å²) in [4.78, 5) is 29.6. The number of pyridine rings is 1. The molecule has 0 saturated heterocycles. The standard InChI is InChI=1S/C24H21ClN6O3/c25-19-4-1-5-20(11-19)31-15-21(26)22(29-31)28-23(32)18-8-6-16(7-9-18)13-30(24(33)34)14-17-3-2-10-27-12-17/h1-12,15H,13-14,26H2,(H,33,34)(H,28,29,32). The Hall–Kier alpha value is -4.37. The first-order valence-corrected chi connectivity index (χ1v) is 10.6. The molecule has 34 heavy (non-hydrogen) atoms. The summed E-state index contributed by atoms with van der Waals surface area (Å²) < 4.78 is 1.53. The Balaban J connectivity index is 1.42. The van der Waals surface area contributed by atoms with Crippen LogP contribution in [0.25, 0.3) is 5.69 Å². The molecule has 0 bridgehead atoms. The van der Waals surface area contributed by atoms with Crippen LogP contribution in [0.1, 0.15) is 21.5 Å². The SMILES string of the molecule is Nc1cn(-c2cccc(Cl)c2)nc1NC(=O)c1ccc(CN(Cc2cccnc2)C(=O)O)cc1. The van der Waals surface area contributed by atoms with Crippen molar-refractivity contribution in [3.8, 4) is 5.69 Å². The zero-order chi connectivity index (χ0) is 24.1. The van der Waals surface area contributed by atoms with Gasteiger partial charge in [0.15, 0.2) is 5.82 Å². The maximum atomic E-state index is 12.7. The van der Waals surface area contributed by atoms with Gasteiger partial charge in [-0.3, -0.25) is 14.7 Å². The normalized spacial score (nSPS) is 10.6. The highest BCUT2D eigenvalue weighted by molar-refractivity contribution is 6.30. The maximum absolute atomic E-state index is 12.7. The van der Waals surface area contributed by atoms with Gasteiger partial charge in [0.2, 0.25) is 0 Å². The molecule has 4 aromatic rings. The van der Waals surface area contributed by atoms with Gasteiger partial charge in [0.1, 0.15) is 0 Å². The molecule has 0 unspecified atom stereocenters. The van der Waals surface area contributed by atoms with Gasteiger partial charge in [-0.2, -0.15) is 0 Å². The average Bonchev–Trinajstić information content (AvgIpc) is 3.20. The highest BCUT2D eigenvalue weighted by Crippen LogP contribution is 2.21. The van der Waals surface area contributed by atoms with Gasteiger partial charge < -0.3 is 16.2 Å². The van der Waals surface area contributed by atoms with E-state index in [4.69, 9.17) is 17.3 Å². The van der Waals surface area contributed by atoms with E-state index in [2.05, 4.69) is 15.4 Å². The van der Waals surface area contributed by atoms with E-state index >= 15 is 0 Å². The van der Waals surface area contributed by atoms with Crippen LogP contribution >= 0.6 is 11.6 Å². The van der Waals surface area contributed by atoms with Crippen LogP contribution in [0.3, 0.4) is 0 Å². The maximum Gasteiger partial charge on any atom is 0.407 e. The molecule has 0 radical (unpaired) electrons. The summed E-state index contributed by atoms with van der Waals surface area (Å²) in [5, 5.41) is 17.1. The number of halogens is 1. The van der Waals surface area contributed by atoms with E-state index < -0.39 is 6.09 Å². The van der Waals surface area contributed by atoms with Gasteiger partial charge in [0.25, 0.3) is 5.91 Å². The molecule has 2 aromatic heterocycles. The summed E-state index contributed by atoms with van der Waals surface area (Å²) in [6.45, 7) is 0.378. The van der Waals surface area contributed by atoms with Gasteiger partial charge in [0, 0.05) is 29.5 Å². The molecular weight excluding hydrogens is 456 g/mol. The zero-order valence-electron chi connectivity index (χ0n) is 17.9. The van der Waals surface area contributed by atoms with Gasteiger partial charge >= 0.3 is 6.09 Å². The summed E-state index contributed by atoms with van der Waals surface area (Å²) in [5.74, 6) is -0.164. The third-order valence-electron chi connectivity index (χ3n) is 5.00. The van der Waals surface area contributed by atoms with E-state index in [1.165, 1.54) is 9.58 Å². The lowest BCUT2D eigenvalue weighted by molar-refractivity contribution is 0.102. The molecule has 9 nitrogen and oxygen atoms in total. The first kappa shape index (κ1) is 22.8. The van der Waals surface area contributed by atoms with E-state index in [0.717, 1.165) is 11.1 Å². The van der Waals surface area contributed by atoms with Crippen LogP contribution in [-0.2, 0) is 13.1 Å². The monoisotopic (exact) mass is 476 g/mol. The lowest BCUT2D eigenvalue weighted by Gasteiger charge is -2.19. The number of hydrogen-bond acceptors (Lipinski definition) is 5. The molecule has 0 saturated carbocycles. The van der Waals surface area contributed by atoms with Crippen molar-refractivity contribution >= 4 is 35.1 Å². The number of nitrogens with two attached hydrogens (primary N) is 1. The van der Waals surface area contributed by atoms with E-state index in [1.54, 1.807) is 67.1 Å². The van der Waals surface area contributed by atoms with Gasteiger partial charge in [-0.05, 0) is 47.5 Å². The smallest absolute Gasteiger partial charge is 0.407 e. The summed E-state index contributed by atoms with van der Waals surface area (Å²) in [6.07, 6.45) is 3.81. The minimum atomic E-state index is -1.04. The molecular formula is C24H21ClN6O3. The molecule has 0 spiro atoms. The van der Waals surface area contributed by atoms with Gasteiger partial charge in [-0.1, -0.05) is 35.9 Å². The third kappa shape index (κ3) is 5.51. The predicted molar refractivity (Wildman–Crippen MR) is 129 cm³/mol. The highest BCUT2D eigenvalue weighted by Gasteiger charge is 2.15. The fourth-order valence-electron chi connectivity index (χ4n) is 3.30. The van der Waals surface area contributed by atoms with Crippen molar-refractivity contribution in [3.05, 3.63) is 101 Å². The number of benzene rings is 2. The molecule has 0 fully saturated rings. The Kier molecular flexibility index (Phi) is 6.74. The van der Waals surface area contributed by atoms with Crippen molar-refractivity contribution in [1.29, 1.82) is 0 Å². The number of nitrogen functional groups attached to an aromatic ring is 1. The van der Waals surface area contributed by atoms with E-state index in [1.807, 2.05) is 12.1 Å². The van der Waals surface area contributed by atoms with Crippen molar-refractivity contribution in [2.45, 2.75) is 13.1 Å². The van der Waals surface area contributed by atoms with Crippen LogP contribution in [0, 0.1) is 0 Å². The molecule has 4 rings (SSSR count). The van der Waals surface area contributed by atoms with Crippen molar-refractivity contribution < 1.29 is 14.7 Å². The third-order valence-corrected chi connectivity index (χ3v) is 5.24. The number of aromatic nitrogens is 3. The van der Waals surface area contributed by atoms with Crippen LogP contribution in [0.15, 0.2) is 79.3 Å². The molecule has 2 amide bonds. The number of rotatable bonds is 7. The quantitative estimate of drug-likeness (QED) is 0.362. The Morgan fingerprint density at radius 3 is 2.50 bits per heavy atom. The van der Waals surface area contributed by atoms with Crippen LogP contribution < -0.4 is 11.1 Å². The first-order chi connectivity index (χ1) is 16.4. The fraction of sp³-hybridized carbons (Fsp3) is 0.0833. The largest absolute Gasteiger partial charge is 0.465 e. The Bertz CT molecular complexity index is 1310. The number of carbonyl (C=O) groups excluding carboxylic acids is 1. The van der Waals surface area contributed by atoms with Crippen molar-refractivity contribution in [2.24, 2.45) is 0 Å². The van der Waals surface area contributed by atoms with Crippen molar-refractivity contribution in [2.75, 3.05) is 11.1 Å². The Morgan fingerprint density at radius 1 is 1.06 bits per heavy atom. The molecule has 172 valence electrons. The molecule has 0 atom stereocenters. The second-order valence-electron chi connectivity index (χ2n) is 7.51. The molecule has 4 N–H and O–H groups in total. The fourth-order valence-corrected chi connectivity index (χ4v) is 3.48. The van der Waals surface area contributed by atoms with Gasteiger partial charge in [-0.25, -0.2) is 9.48 Å². The van der Waals surface area contributed by atoms with Crippen LogP contribution in [0.5, 0.6) is 0 Å².